The van der Waals surface area contributed by atoms with E-state index in [4.69, 9.17) is 11.1 Å². The van der Waals surface area contributed by atoms with Crippen molar-refractivity contribution >= 4 is 23.2 Å². The van der Waals surface area contributed by atoms with Gasteiger partial charge in [-0.1, -0.05) is 6.07 Å². The second-order valence-electron chi connectivity index (χ2n) is 7.67. The van der Waals surface area contributed by atoms with Gasteiger partial charge >= 0.3 is 6.36 Å². The van der Waals surface area contributed by atoms with Crippen LogP contribution in [0.15, 0.2) is 36.4 Å². The Labute approximate surface area is 202 Å². The van der Waals surface area contributed by atoms with E-state index >= 15 is 0 Å². The molecule has 0 aliphatic carbocycles. The molecule has 1 heterocycles. The number of aromatic nitrogens is 2. The maximum atomic E-state index is 14.1. The standard InChI is InChI=1S/C23H22F4N6O3/c1-11-19(22(35)31-10-13-8-14(5-7-16(13)24)36-23(25,26)27)33(3)20(32-11)12-4-6-15(17(28)9-12)18(29)21(34)30-2/h4-9,29H,10,28H2,1-3H3,(H,30,34)(H,31,35). The summed E-state index contributed by atoms with van der Waals surface area (Å²) < 4.78 is 56.7. The molecule has 5 N–H and O–H groups in total. The fraction of sp³-hybridized carbons (Fsp3) is 0.217. The quantitative estimate of drug-likeness (QED) is 0.222. The summed E-state index contributed by atoms with van der Waals surface area (Å²) in [6.45, 7) is 1.18. The van der Waals surface area contributed by atoms with E-state index in [-0.39, 0.29) is 28.2 Å². The lowest BCUT2D eigenvalue weighted by atomic mass is 10.0. The first kappa shape index (κ1) is 26.2. The van der Waals surface area contributed by atoms with Crippen molar-refractivity contribution in [2.45, 2.75) is 19.8 Å². The average molecular weight is 506 g/mol. The molecule has 0 aliphatic rings. The Hall–Kier alpha value is -4.42. The molecule has 13 heteroatoms. The first-order chi connectivity index (χ1) is 16.8. The van der Waals surface area contributed by atoms with Crippen LogP contribution in [0.4, 0.5) is 23.2 Å². The molecule has 2 amide bonds. The van der Waals surface area contributed by atoms with E-state index in [9.17, 15) is 27.2 Å². The third-order valence-electron chi connectivity index (χ3n) is 5.21. The molecule has 3 rings (SSSR count). The number of benzene rings is 2. The zero-order chi connectivity index (χ0) is 26.8. The Bertz CT molecular complexity index is 1350. The van der Waals surface area contributed by atoms with E-state index in [1.54, 1.807) is 20.0 Å². The fourth-order valence-corrected chi connectivity index (χ4v) is 3.53. The van der Waals surface area contributed by atoms with Gasteiger partial charge in [0.2, 0.25) is 0 Å². The minimum Gasteiger partial charge on any atom is -0.406 e. The minimum absolute atomic E-state index is 0.133. The lowest BCUT2D eigenvalue weighted by molar-refractivity contribution is -0.274. The monoisotopic (exact) mass is 506 g/mol. The largest absolute Gasteiger partial charge is 0.573 e. The Morgan fingerprint density at radius 2 is 1.89 bits per heavy atom. The van der Waals surface area contributed by atoms with Gasteiger partial charge in [0.25, 0.3) is 11.8 Å². The minimum atomic E-state index is -4.94. The van der Waals surface area contributed by atoms with Crippen LogP contribution in [-0.2, 0) is 18.4 Å². The molecule has 0 saturated carbocycles. The summed E-state index contributed by atoms with van der Waals surface area (Å²) in [6.07, 6.45) is -4.94. The van der Waals surface area contributed by atoms with Crippen LogP contribution in [0.5, 0.6) is 5.75 Å². The Balaban J connectivity index is 1.82. The highest BCUT2D eigenvalue weighted by molar-refractivity contribution is 6.45. The highest BCUT2D eigenvalue weighted by Crippen LogP contribution is 2.27. The van der Waals surface area contributed by atoms with Gasteiger partial charge in [0.15, 0.2) is 0 Å². The zero-order valence-electron chi connectivity index (χ0n) is 19.4. The lowest BCUT2D eigenvalue weighted by Gasteiger charge is -2.12. The summed E-state index contributed by atoms with van der Waals surface area (Å²) in [4.78, 5) is 29.0. The van der Waals surface area contributed by atoms with Crippen LogP contribution >= 0.6 is 0 Å². The number of rotatable bonds is 7. The van der Waals surface area contributed by atoms with Crippen LogP contribution in [0.2, 0.25) is 0 Å². The molecular formula is C23H22F4N6O3. The molecule has 0 atom stereocenters. The van der Waals surface area contributed by atoms with Crippen LogP contribution in [0.25, 0.3) is 11.4 Å². The van der Waals surface area contributed by atoms with E-state index in [2.05, 4.69) is 20.4 Å². The number of anilines is 1. The lowest BCUT2D eigenvalue weighted by Crippen LogP contribution is -2.28. The fourth-order valence-electron chi connectivity index (χ4n) is 3.53. The molecule has 0 radical (unpaired) electrons. The maximum Gasteiger partial charge on any atom is 0.573 e. The van der Waals surface area contributed by atoms with E-state index < -0.39 is 36.3 Å². The second-order valence-corrected chi connectivity index (χ2v) is 7.67. The number of likely N-dealkylation sites (N-methyl/N-ethyl adjacent to an activating group) is 1. The van der Waals surface area contributed by atoms with Crippen molar-refractivity contribution in [3.05, 3.63) is 64.7 Å². The molecule has 0 spiro atoms. The predicted octanol–water partition coefficient (Wildman–Crippen LogP) is 3.06. The summed E-state index contributed by atoms with van der Waals surface area (Å²) in [5, 5.41) is 12.7. The second kappa shape index (κ2) is 10.1. The average Bonchev–Trinajstić information content (AvgIpc) is 3.11. The summed E-state index contributed by atoms with van der Waals surface area (Å²) in [5.41, 5.74) is 6.87. The van der Waals surface area contributed by atoms with Crippen molar-refractivity contribution in [3.8, 4) is 17.1 Å². The number of nitrogen functional groups attached to an aromatic ring is 1. The smallest absolute Gasteiger partial charge is 0.406 e. The number of hydrogen-bond donors (Lipinski definition) is 4. The van der Waals surface area contributed by atoms with Gasteiger partial charge in [-0.25, -0.2) is 9.37 Å². The van der Waals surface area contributed by atoms with Crippen molar-refractivity contribution in [1.82, 2.24) is 20.2 Å². The highest BCUT2D eigenvalue weighted by atomic mass is 19.4. The van der Waals surface area contributed by atoms with Crippen molar-refractivity contribution in [1.29, 1.82) is 5.41 Å². The number of aryl methyl sites for hydroxylation is 1. The molecule has 9 nitrogen and oxygen atoms in total. The van der Waals surface area contributed by atoms with Crippen molar-refractivity contribution in [2.24, 2.45) is 7.05 Å². The Morgan fingerprint density at radius 1 is 1.19 bits per heavy atom. The van der Waals surface area contributed by atoms with Crippen LogP contribution < -0.4 is 21.1 Å². The molecule has 0 bridgehead atoms. The third-order valence-corrected chi connectivity index (χ3v) is 5.21. The molecule has 2 aromatic carbocycles. The normalized spacial score (nSPS) is 11.2. The van der Waals surface area contributed by atoms with Gasteiger partial charge in [-0.2, -0.15) is 0 Å². The van der Waals surface area contributed by atoms with Gasteiger partial charge in [0, 0.05) is 43.0 Å². The topological polar surface area (TPSA) is 135 Å². The first-order valence-corrected chi connectivity index (χ1v) is 10.4. The third kappa shape index (κ3) is 5.62. The SMILES string of the molecule is CNC(=O)C(=N)c1ccc(-c2nc(C)c(C(=O)NCc3cc(OC(F)(F)F)ccc3F)n2C)cc1N. The Kier molecular flexibility index (Phi) is 7.32. The van der Waals surface area contributed by atoms with E-state index in [1.807, 2.05) is 0 Å². The number of nitrogens with one attached hydrogen (secondary N) is 3. The molecule has 36 heavy (non-hydrogen) atoms. The summed E-state index contributed by atoms with van der Waals surface area (Å²) in [7, 11) is 2.96. The van der Waals surface area contributed by atoms with Gasteiger partial charge < -0.3 is 25.7 Å². The summed E-state index contributed by atoms with van der Waals surface area (Å²) in [5.74, 6) is -2.31. The van der Waals surface area contributed by atoms with Crippen LogP contribution in [0.3, 0.4) is 0 Å². The van der Waals surface area contributed by atoms with E-state index in [1.165, 1.54) is 23.7 Å². The van der Waals surface area contributed by atoms with Crippen LogP contribution in [-0.4, -0.2) is 40.5 Å². The molecule has 0 saturated heterocycles. The number of nitrogens with zero attached hydrogens (tertiary/aromatic N) is 2. The molecular weight excluding hydrogens is 484 g/mol. The number of hydrogen-bond acceptors (Lipinski definition) is 6. The number of ether oxygens (including phenoxy) is 1. The molecule has 1 aromatic heterocycles. The van der Waals surface area contributed by atoms with E-state index in [0.29, 0.717) is 17.1 Å². The molecule has 0 aliphatic heterocycles. The van der Waals surface area contributed by atoms with Crippen molar-refractivity contribution in [3.63, 3.8) is 0 Å². The predicted molar refractivity (Wildman–Crippen MR) is 123 cm³/mol. The molecule has 0 unspecified atom stereocenters. The van der Waals surface area contributed by atoms with Crippen LogP contribution in [0, 0.1) is 18.2 Å². The van der Waals surface area contributed by atoms with Gasteiger partial charge in [-0.3, -0.25) is 15.0 Å². The first-order valence-electron chi connectivity index (χ1n) is 10.4. The van der Waals surface area contributed by atoms with Crippen molar-refractivity contribution < 1.29 is 31.9 Å². The number of carbonyl (C=O) groups is 2. The summed E-state index contributed by atoms with van der Waals surface area (Å²) >= 11 is 0. The summed E-state index contributed by atoms with van der Waals surface area (Å²) in [6, 6.07) is 7.09. The Morgan fingerprint density at radius 3 is 2.50 bits per heavy atom. The van der Waals surface area contributed by atoms with Gasteiger partial charge in [-0.05, 0) is 37.3 Å². The molecule has 190 valence electrons. The number of carbonyl (C=O) groups excluding carboxylic acids is 2. The molecule has 3 aromatic rings. The highest BCUT2D eigenvalue weighted by Gasteiger charge is 2.31. The van der Waals surface area contributed by atoms with Gasteiger partial charge in [-0.15, -0.1) is 13.2 Å². The van der Waals surface area contributed by atoms with Crippen LogP contribution in [0.1, 0.15) is 27.3 Å². The van der Waals surface area contributed by atoms with Crippen molar-refractivity contribution in [2.75, 3.05) is 12.8 Å². The number of halogens is 4. The van der Waals surface area contributed by atoms with Gasteiger partial charge in [0.05, 0.1) is 5.69 Å². The van der Waals surface area contributed by atoms with Gasteiger partial charge in [0.1, 0.15) is 28.8 Å². The van der Waals surface area contributed by atoms with E-state index in [0.717, 1.165) is 18.2 Å². The molecule has 0 fully saturated rings. The number of amides is 2. The number of imidazole rings is 1. The number of nitrogens with two attached hydrogens (primary N) is 1. The zero-order valence-corrected chi connectivity index (χ0v) is 19.4. The maximum absolute atomic E-state index is 14.1. The number of alkyl halides is 3.